The molecule has 1 amide bonds. The molecule has 166 valence electrons. The number of nitrogens with one attached hydrogen (secondary N) is 1. The first-order valence-electron chi connectivity index (χ1n) is 10.9. The van der Waals surface area contributed by atoms with Gasteiger partial charge in [0.1, 0.15) is 17.2 Å². The highest BCUT2D eigenvalue weighted by Crippen LogP contribution is 2.40. The number of nitrogens with zero attached hydrogens (tertiary/aromatic N) is 5. The van der Waals surface area contributed by atoms with E-state index in [-0.39, 0.29) is 24.1 Å². The van der Waals surface area contributed by atoms with Crippen molar-refractivity contribution in [1.82, 2.24) is 15.2 Å². The number of rotatable bonds is 5. The largest absolute Gasteiger partial charge is 0.441 e. The van der Waals surface area contributed by atoms with Gasteiger partial charge in [0.25, 0.3) is 0 Å². The van der Waals surface area contributed by atoms with Crippen LogP contribution in [0.5, 0.6) is 0 Å². The predicted octanol–water partition coefficient (Wildman–Crippen LogP) is 3.89. The number of carbonyl (C=O) groups is 1. The molecule has 9 heteroatoms. The summed E-state index contributed by atoms with van der Waals surface area (Å²) in [6.45, 7) is 3.61. The fourth-order valence-corrected chi connectivity index (χ4v) is 4.76. The Bertz CT molecular complexity index is 867. The van der Waals surface area contributed by atoms with Gasteiger partial charge in [-0.25, -0.2) is 9.78 Å². The van der Waals surface area contributed by atoms with Gasteiger partial charge in [-0.15, -0.1) is 22.6 Å². The maximum atomic E-state index is 12.4. The quantitative estimate of drug-likeness (QED) is 0.748. The van der Waals surface area contributed by atoms with E-state index in [9.17, 15) is 4.79 Å². The Morgan fingerprint density at radius 1 is 1.06 bits per heavy atom. The van der Waals surface area contributed by atoms with E-state index in [0.29, 0.717) is 18.3 Å². The lowest BCUT2D eigenvalue weighted by Gasteiger charge is -2.35. The van der Waals surface area contributed by atoms with Crippen LogP contribution in [-0.2, 0) is 4.74 Å². The second kappa shape index (κ2) is 9.26. The molecule has 1 N–H and O–H groups in total. The van der Waals surface area contributed by atoms with Crippen LogP contribution in [0.25, 0.3) is 0 Å². The molecule has 1 spiro atoms. The van der Waals surface area contributed by atoms with E-state index in [1.54, 1.807) is 11.1 Å². The maximum absolute atomic E-state index is 12.4. The minimum absolute atomic E-state index is 0. The summed E-state index contributed by atoms with van der Waals surface area (Å²) < 4.78 is 5.83. The molecule has 8 nitrogen and oxygen atoms in total. The highest BCUT2D eigenvalue weighted by Gasteiger charge is 2.47. The maximum Gasteiger partial charge on any atom is 0.416 e. The van der Waals surface area contributed by atoms with Crippen LogP contribution in [0.2, 0.25) is 0 Å². The number of halogens is 1. The molecule has 31 heavy (non-hydrogen) atoms. The van der Waals surface area contributed by atoms with Crippen LogP contribution in [-0.4, -0.2) is 53.1 Å². The van der Waals surface area contributed by atoms with Gasteiger partial charge < -0.3 is 15.0 Å². The van der Waals surface area contributed by atoms with Crippen molar-refractivity contribution in [3.05, 3.63) is 36.5 Å². The molecule has 0 atom stereocenters. The summed E-state index contributed by atoms with van der Waals surface area (Å²) in [5, 5.41) is 12.2. The molecule has 4 heterocycles. The molecule has 3 fully saturated rings. The van der Waals surface area contributed by atoms with Crippen molar-refractivity contribution in [2.24, 2.45) is 5.92 Å². The molecule has 2 aromatic rings. The molecule has 0 unspecified atom stereocenters. The van der Waals surface area contributed by atoms with Gasteiger partial charge >= 0.3 is 6.09 Å². The van der Waals surface area contributed by atoms with Crippen LogP contribution in [0.1, 0.15) is 38.5 Å². The zero-order valence-corrected chi connectivity index (χ0v) is 18.4. The van der Waals surface area contributed by atoms with Crippen molar-refractivity contribution in [3.8, 4) is 0 Å². The molecule has 2 saturated heterocycles. The van der Waals surface area contributed by atoms with Gasteiger partial charge in [0.2, 0.25) is 0 Å². The van der Waals surface area contributed by atoms with Crippen molar-refractivity contribution in [2.75, 3.05) is 41.3 Å². The first kappa shape index (κ1) is 21.6. The molecule has 1 aliphatic carbocycles. The Kier molecular flexibility index (Phi) is 6.46. The van der Waals surface area contributed by atoms with E-state index in [4.69, 9.17) is 4.74 Å². The Labute approximate surface area is 188 Å². The van der Waals surface area contributed by atoms with Gasteiger partial charge in [0.05, 0.1) is 6.54 Å². The summed E-state index contributed by atoms with van der Waals surface area (Å²) >= 11 is 0. The lowest BCUT2D eigenvalue weighted by Crippen LogP contribution is -2.39. The number of carbonyl (C=O) groups excluding carboxylic acids is 1. The smallest absolute Gasteiger partial charge is 0.416 e. The summed E-state index contributed by atoms with van der Waals surface area (Å²) in [5.41, 5.74) is -0.373. The van der Waals surface area contributed by atoms with Gasteiger partial charge in [-0.2, -0.15) is 0 Å². The van der Waals surface area contributed by atoms with Gasteiger partial charge in [0, 0.05) is 25.8 Å². The third-order valence-electron chi connectivity index (χ3n) is 6.57. The van der Waals surface area contributed by atoms with Crippen LogP contribution in [0.15, 0.2) is 36.5 Å². The van der Waals surface area contributed by atoms with Crippen LogP contribution in [0.3, 0.4) is 0 Å². The Morgan fingerprint density at radius 2 is 1.87 bits per heavy atom. The highest BCUT2D eigenvalue weighted by atomic mass is 35.5. The molecule has 1 saturated carbocycles. The second-order valence-corrected chi connectivity index (χ2v) is 8.62. The number of ether oxygens (including phenoxy) is 1. The number of anilines is 3. The van der Waals surface area contributed by atoms with Crippen molar-refractivity contribution < 1.29 is 9.53 Å². The van der Waals surface area contributed by atoms with E-state index in [1.165, 1.54) is 12.8 Å². The lowest BCUT2D eigenvalue weighted by atomic mass is 9.78. The lowest BCUT2D eigenvalue weighted by molar-refractivity contribution is 0.0148. The summed E-state index contributed by atoms with van der Waals surface area (Å²) in [4.78, 5) is 20.6. The summed E-state index contributed by atoms with van der Waals surface area (Å²) in [6, 6.07) is 9.67. The monoisotopic (exact) mass is 444 g/mol. The molecule has 0 bridgehead atoms. The Hall–Kier alpha value is -2.61. The average molecular weight is 445 g/mol. The fourth-order valence-electron chi connectivity index (χ4n) is 4.76. The molecule has 2 aromatic heterocycles. The first-order chi connectivity index (χ1) is 14.7. The van der Waals surface area contributed by atoms with E-state index >= 15 is 0 Å². The zero-order chi connectivity index (χ0) is 20.4. The highest BCUT2D eigenvalue weighted by molar-refractivity contribution is 5.89. The van der Waals surface area contributed by atoms with Crippen LogP contribution in [0, 0.1) is 5.92 Å². The minimum atomic E-state index is -0.373. The summed E-state index contributed by atoms with van der Waals surface area (Å²) in [5.74, 6) is 3.00. The number of hydrogen-bond acceptors (Lipinski definition) is 7. The fraction of sp³-hybridized carbons (Fsp3) is 0.545. The van der Waals surface area contributed by atoms with Gasteiger partial charge in [0.15, 0.2) is 5.82 Å². The molecule has 3 aliphatic rings. The Morgan fingerprint density at radius 3 is 2.55 bits per heavy atom. The number of hydrogen-bond donors (Lipinski definition) is 1. The van der Waals surface area contributed by atoms with Crippen molar-refractivity contribution in [1.29, 1.82) is 0 Å². The number of amides is 1. The third kappa shape index (κ3) is 4.69. The molecule has 0 radical (unpaired) electrons. The van der Waals surface area contributed by atoms with Crippen molar-refractivity contribution in [2.45, 2.75) is 44.1 Å². The van der Waals surface area contributed by atoms with Gasteiger partial charge in [-0.05, 0) is 68.7 Å². The topological polar surface area (TPSA) is 83.5 Å². The second-order valence-electron chi connectivity index (χ2n) is 8.62. The standard InChI is InChI=1S/C22H28N6O2.ClH/c29-21-28(19-5-1-2-12-23-19)16-22(30-21)10-8-17(9-11-22)15-24-18-6-7-20(26-25-18)27-13-3-4-14-27;/h1-2,5-7,12,17H,3-4,8-11,13-16H2,(H,24,25);1H/t17-,22-;. The molecular formula is C22H29ClN6O2. The summed E-state index contributed by atoms with van der Waals surface area (Å²) in [7, 11) is 0. The van der Waals surface area contributed by atoms with Crippen molar-refractivity contribution in [3.63, 3.8) is 0 Å². The number of aromatic nitrogens is 3. The normalized spacial score (nSPS) is 25.4. The van der Waals surface area contributed by atoms with Crippen LogP contribution in [0.4, 0.5) is 22.2 Å². The molecular weight excluding hydrogens is 416 g/mol. The van der Waals surface area contributed by atoms with E-state index < -0.39 is 0 Å². The van der Waals surface area contributed by atoms with E-state index in [1.807, 2.05) is 24.3 Å². The van der Waals surface area contributed by atoms with Crippen molar-refractivity contribution >= 4 is 36.0 Å². The first-order valence-corrected chi connectivity index (χ1v) is 10.9. The van der Waals surface area contributed by atoms with Gasteiger partial charge in [-0.3, -0.25) is 4.90 Å². The van der Waals surface area contributed by atoms with Crippen LogP contribution >= 0.6 is 12.4 Å². The summed E-state index contributed by atoms with van der Waals surface area (Å²) in [6.07, 6.45) is 7.71. The van der Waals surface area contributed by atoms with Gasteiger partial charge in [-0.1, -0.05) is 6.07 Å². The average Bonchev–Trinajstić information content (AvgIpc) is 3.43. The molecule has 2 aliphatic heterocycles. The predicted molar refractivity (Wildman–Crippen MR) is 122 cm³/mol. The van der Waals surface area contributed by atoms with Crippen LogP contribution < -0.4 is 15.1 Å². The Balaban J connectivity index is 0.00000231. The zero-order valence-electron chi connectivity index (χ0n) is 17.6. The molecule has 0 aromatic carbocycles. The van der Waals surface area contributed by atoms with E-state index in [2.05, 4.69) is 31.5 Å². The van der Waals surface area contributed by atoms with E-state index in [0.717, 1.165) is 57.0 Å². The molecule has 5 rings (SSSR count). The minimum Gasteiger partial charge on any atom is -0.441 e. The SMILES string of the molecule is Cl.O=C1O[C@]2(CC[C@H](CNc3ccc(N4CCCC4)nn3)CC2)CN1c1ccccn1. The third-order valence-corrected chi connectivity index (χ3v) is 6.57. The number of pyridine rings is 1.